The highest BCUT2D eigenvalue weighted by atomic mass is 32.2. The van der Waals surface area contributed by atoms with E-state index < -0.39 is 0 Å². The van der Waals surface area contributed by atoms with Crippen LogP contribution in [0.2, 0.25) is 0 Å². The molecule has 1 unspecified atom stereocenters. The molecule has 5 nitrogen and oxygen atoms in total. The number of carbonyl (C=O) groups excluding carboxylic acids is 1. The highest BCUT2D eigenvalue weighted by Gasteiger charge is 2.19. The minimum atomic E-state index is -0.249. The average molecular weight is 469 g/mol. The Hall–Kier alpha value is -2.67. The van der Waals surface area contributed by atoms with E-state index in [1.165, 1.54) is 23.9 Å². The summed E-state index contributed by atoms with van der Waals surface area (Å²) in [5, 5.41) is 12.5. The molecule has 1 atom stereocenters. The second-order valence-corrected chi connectivity index (χ2v) is 10.8. The summed E-state index contributed by atoms with van der Waals surface area (Å²) < 4.78 is 15.2. The van der Waals surface area contributed by atoms with E-state index in [1.54, 1.807) is 12.1 Å². The summed E-state index contributed by atoms with van der Waals surface area (Å²) >= 11 is 1.53. The zero-order chi connectivity index (χ0) is 24.0. The van der Waals surface area contributed by atoms with E-state index in [-0.39, 0.29) is 17.1 Å². The molecule has 33 heavy (non-hydrogen) atoms. The van der Waals surface area contributed by atoms with Crippen molar-refractivity contribution in [3.05, 3.63) is 71.3 Å². The fraction of sp³-hybridized carbons (Fsp3) is 0.423. The number of nitrogens with one attached hydrogen (secondary N) is 1. The molecule has 0 fully saturated rings. The number of amides is 1. The Balaban J connectivity index is 1.73. The van der Waals surface area contributed by atoms with Crippen molar-refractivity contribution in [3.63, 3.8) is 0 Å². The van der Waals surface area contributed by atoms with E-state index >= 15 is 0 Å². The fourth-order valence-corrected chi connectivity index (χ4v) is 4.80. The van der Waals surface area contributed by atoms with Gasteiger partial charge in [-0.15, -0.1) is 10.2 Å². The molecule has 7 heteroatoms. The molecule has 0 radical (unpaired) electrons. The van der Waals surface area contributed by atoms with Crippen LogP contribution in [0.25, 0.3) is 5.69 Å². The summed E-state index contributed by atoms with van der Waals surface area (Å²) in [6.07, 6.45) is 1.48. The van der Waals surface area contributed by atoms with Crippen LogP contribution in [0.1, 0.15) is 57.5 Å². The molecule has 3 rings (SSSR count). The van der Waals surface area contributed by atoms with Gasteiger partial charge in [-0.2, -0.15) is 0 Å². The minimum Gasteiger partial charge on any atom is -0.349 e. The van der Waals surface area contributed by atoms with Gasteiger partial charge in [0.2, 0.25) is 5.91 Å². The molecule has 0 aliphatic heterocycles. The average Bonchev–Trinajstić information content (AvgIpc) is 3.14. The first-order chi connectivity index (χ1) is 15.6. The number of halogens is 1. The van der Waals surface area contributed by atoms with Crippen LogP contribution in [-0.4, -0.2) is 20.7 Å². The summed E-state index contributed by atoms with van der Waals surface area (Å²) in [6, 6.07) is 14.6. The number of aromatic nitrogens is 3. The van der Waals surface area contributed by atoms with Crippen molar-refractivity contribution in [2.75, 3.05) is 0 Å². The molecule has 2 aromatic carbocycles. The molecule has 0 saturated heterocycles. The Morgan fingerprint density at radius 3 is 2.39 bits per heavy atom. The summed E-state index contributed by atoms with van der Waals surface area (Å²) in [5.41, 5.74) is 3.30. The van der Waals surface area contributed by atoms with Gasteiger partial charge in [-0.3, -0.25) is 9.36 Å². The summed E-state index contributed by atoms with van der Waals surface area (Å²) in [6.45, 7) is 11.0. The van der Waals surface area contributed by atoms with Gasteiger partial charge in [-0.1, -0.05) is 69.3 Å². The van der Waals surface area contributed by atoms with E-state index in [0.29, 0.717) is 30.5 Å². The minimum absolute atomic E-state index is 0.0192. The zero-order valence-corrected chi connectivity index (χ0v) is 20.9. The van der Waals surface area contributed by atoms with Gasteiger partial charge in [0.05, 0.1) is 6.54 Å². The lowest BCUT2D eigenvalue weighted by Gasteiger charge is -2.22. The predicted molar refractivity (Wildman–Crippen MR) is 132 cm³/mol. The number of rotatable bonds is 9. The van der Waals surface area contributed by atoms with Crippen LogP contribution in [0.3, 0.4) is 0 Å². The Kier molecular flexibility index (Phi) is 8.30. The normalized spacial score (nSPS) is 12.5. The molecule has 0 bridgehead atoms. The lowest BCUT2D eigenvalue weighted by molar-refractivity contribution is -0.122. The molecule has 1 heterocycles. The van der Waals surface area contributed by atoms with Crippen molar-refractivity contribution in [3.8, 4) is 5.69 Å². The maximum absolute atomic E-state index is 13.2. The first kappa shape index (κ1) is 25.0. The van der Waals surface area contributed by atoms with Crippen molar-refractivity contribution >= 4 is 17.7 Å². The Morgan fingerprint density at radius 2 is 1.76 bits per heavy atom. The van der Waals surface area contributed by atoms with Gasteiger partial charge in [0, 0.05) is 17.9 Å². The topological polar surface area (TPSA) is 59.8 Å². The van der Waals surface area contributed by atoms with Gasteiger partial charge in [-0.25, -0.2) is 4.39 Å². The third-order valence-corrected chi connectivity index (χ3v) is 6.21. The van der Waals surface area contributed by atoms with E-state index in [1.807, 2.05) is 35.8 Å². The number of carbonyl (C=O) groups is 1. The molecule has 3 aromatic rings. The highest BCUT2D eigenvalue weighted by molar-refractivity contribution is 7.98. The first-order valence-electron chi connectivity index (χ1n) is 11.3. The quantitative estimate of drug-likeness (QED) is 0.386. The van der Waals surface area contributed by atoms with Crippen LogP contribution in [0.15, 0.2) is 53.7 Å². The van der Waals surface area contributed by atoms with Crippen LogP contribution >= 0.6 is 11.8 Å². The third kappa shape index (κ3) is 7.70. The monoisotopic (exact) mass is 468 g/mol. The first-order valence-corrected chi connectivity index (χ1v) is 12.2. The lowest BCUT2D eigenvalue weighted by atomic mass is 9.84. The van der Waals surface area contributed by atoms with E-state index in [2.05, 4.69) is 43.2 Å². The molecule has 1 N–H and O–H groups in total. The van der Waals surface area contributed by atoms with Crippen LogP contribution in [0.4, 0.5) is 4.39 Å². The van der Waals surface area contributed by atoms with E-state index in [9.17, 15) is 9.18 Å². The molecular formula is C26H33FN4OS. The molecule has 1 amide bonds. The Labute approximate surface area is 200 Å². The molecule has 0 aliphatic rings. The summed E-state index contributed by atoms with van der Waals surface area (Å²) in [7, 11) is 0. The molecule has 0 spiro atoms. The van der Waals surface area contributed by atoms with Crippen molar-refractivity contribution in [1.29, 1.82) is 0 Å². The number of hydrogen-bond acceptors (Lipinski definition) is 4. The van der Waals surface area contributed by atoms with Gasteiger partial charge in [0.15, 0.2) is 11.0 Å². The smallest absolute Gasteiger partial charge is 0.220 e. The SMILES string of the molecule is Cc1ccc(-n2c(CNC(=O)CC(C)CC(C)(C)C)nnc2SCc2ccc(F)cc2)cc1. The Bertz CT molecular complexity index is 1060. The second kappa shape index (κ2) is 11.0. The largest absolute Gasteiger partial charge is 0.349 e. The van der Waals surface area contributed by atoms with Gasteiger partial charge in [0.25, 0.3) is 0 Å². The third-order valence-electron chi connectivity index (χ3n) is 5.21. The standard InChI is InChI=1S/C26H33FN4OS/c1-18-6-12-22(13-7-18)31-23(16-28-24(32)14-19(2)15-26(3,4)5)29-30-25(31)33-17-20-8-10-21(27)11-9-20/h6-13,19H,14-17H2,1-5H3,(H,28,32). The van der Waals surface area contributed by atoms with Crippen LogP contribution in [0.5, 0.6) is 0 Å². The second-order valence-electron chi connectivity index (χ2n) is 9.84. The maximum Gasteiger partial charge on any atom is 0.220 e. The number of nitrogens with zero attached hydrogens (tertiary/aromatic N) is 3. The van der Waals surface area contributed by atoms with Crippen molar-refractivity contribution in [1.82, 2.24) is 20.1 Å². The van der Waals surface area contributed by atoms with Crippen molar-refractivity contribution < 1.29 is 9.18 Å². The number of hydrogen-bond donors (Lipinski definition) is 1. The van der Waals surface area contributed by atoms with Crippen molar-refractivity contribution in [2.45, 2.75) is 64.9 Å². The molecular weight excluding hydrogens is 435 g/mol. The highest BCUT2D eigenvalue weighted by Crippen LogP contribution is 2.27. The molecule has 0 saturated carbocycles. The van der Waals surface area contributed by atoms with Crippen LogP contribution in [0, 0.1) is 24.1 Å². The molecule has 0 aliphatic carbocycles. The lowest BCUT2D eigenvalue weighted by Crippen LogP contribution is -2.27. The molecule has 176 valence electrons. The van der Waals surface area contributed by atoms with Crippen molar-refractivity contribution in [2.24, 2.45) is 11.3 Å². The van der Waals surface area contributed by atoms with Crippen LogP contribution < -0.4 is 5.32 Å². The van der Waals surface area contributed by atoms with Gasteiger partial charge in [0.1, 0.15) is 5.82 Å². The predicted octanol–water partition coefficient (Wildman–Crippen LogP) is 6.09. The van der Waals surface area contributed by atoms with Gasteiger partial charge in [-0.05, 0) is 54.5 Å². The fourth-order valence-electron chi connectivity index (χ4n) is 3.87. The van der Waals surface area contributed by atoms with E-state index in [0.717, 1.165) is 28.4 Å². The zero-order valence-electron chi connectivity index (χ0n) is 20.1. The number of thioether (sulfide) groups is 1. The number of benzene rings is 2. The van der Waals surface area contributed by atoms with Crippen LogP contribution in [-0.2, 0) is 17.1 Å². The van der Waals surface area contributed by atoms with Gasteiger partial charge >= 0.3 is 0 Å². The summed E-state index contributed by atoms with van der Waals surface area (Å²) in [4.78, 5) is 12.5. The van der Waals surface area contributed by atoms with Gasteiger partial charge < -0.3 is 5.32 Å². The summed E-state index contributed by atoms with van der Waals surface area (Å²) in [5.74, 6) is 1.40. The number of aryl methyl sites for hydroxylation is 1. The maximum atomic E-state index is 13.2. The van der Waals surface area contributed by atoms with E-state index in [4.69, 9.17) is 0 Å². The Morgan fingerprint density at radius 1 is 1.09 bits per heavy atom. The molecule has 1 aromatic heterocycles.